The second-order valence-corrected chi connectivity index (χ2v) is 5.08. The molecule has 2 N–H and O–H groups in total. The topological polar surface area (TPSA) is 55.0 Å². The van der Waals surface area contributed by atoms with Crippen LogP contribution >= 0.6 is 0 Å². The number of hydrogen-bond donors (Lipinski definition) is 1. The van der Waals surface area contributed by atoms with Crippen molar-refractivity contribution in [2.24, 2.45) is 5.73 Å². The number of nitrogens with two attached hydrogens (primary N) is 1. The smallest absolute Gasteiger partial charge is 0.132 e. The third-order valence-corrected chi connectivity index (χ3v) is 3.89. The third kappa shape index (κ3) is 2.99. The van der Waals surface area contributed by atoms with Crippen LogP contribution in [0.1, 0.15) is 45.2 Å². The fraction of sp³-hybridized carbons (Fsp3) is 0.714. The van der Waals surface area contributed by atoms with Gasteiger partial charge >= 0.3 is 0 Å². The van der Waals surface area contributed by atoms with Gasteiger partial charge in [0.1, 0.15) is 12.1 Å². The lowest BCUT2D eigenvalue weighted by atomic mass is 9.90. The quantitative estimate of drug-likeness (QED) is 0.887. The lowest BCUT2D eigenvalue weighted by molar-refractivity contribution is 0.376. The van der Waals surface area contributed by atoms with E-state index in [4.69, 9.17) is 5.73 Å². The monoisotopic (exact) mass is 248 g/mol. The number of aryl methyl sites for hydroxylation is 1. The van der Waals surface area contributed by atoms with Crippen LogP contribution < -0.4 is 10.6 Å². The molecule has 0 spiro atoms. The van der Waals surface area contributed by atoms with Gasteiger partial charge in [-0.25, -0.2) is 9.97 Å². The number of hydrogen-bond acceptors (Lipinski definition) is 4. The average Bonchev–Trinajstić information content (AvgIpc) is 2.42. The number of aromatic nitrogens is 2. The maximum atomic E-state index is 5.98. The van der Waals surface area contributed by atoms with Gasteiger partial charge < -0.3 is 10.6 Å². The van der Waals surface area contributed by atoms with Gasteiger partial charge in [-0.3, -0.25) is 0 Å². The summed E-state index contributed by atoms with van der Waals surface area (Å²) < 4.78 is 0. The van der Waals surface area contributed by atoms with Crippen molar-refractivity contribution in [3.63, 3.8) is 0 Å². The summed E-state index contributed by atoms with van der Waals surface area (Å²) >= 11 is 0. The molecule has 0 atom stereocenters. The molecule has 1 heterocycles. The summed E-state index contributed by atoms with van der Waals surface area (Å²) in [4.78, 5) is 11.1. The Hall–Kier alpha value is -1.16. The molecule has 4 nitrogen and oxygen atoms in total. The van der Waals surface area contributed by atoms with Gasteiger partial charge in [-0.2, -0.15) is 0 Å². The van der Waals surface area contributed by atoms with Crippen LogP contribution in [0, 0.1) is 0 Å². The van der Waals surface area contributed by atoms with Gasteiger partial charge in [0.05, 0.1) is 0 Å². The van der Waals surface area contributed by atoms with Crippen LogP contribution in [0.15, 0.2) is 12.4 Å². The minimum Gasteiger partial charge on any atom is -0.354 e. The number of nitrogens with zero attached hydrogens (tertiary/aromatic N) is 3. The zero-order valence-electron chi connectivity index (χ0n) is 11.5. The highest BCUT2D eigenvalue weighted by Crippen LogP contribution is 2.25. The molecule has 4 heteroatoms. The standard InChI is InChI=1S/C14H24N4/c1-3-12-9-14(17-10-16-12)18(4-2)13-7-5-11(15)6-8-13/h9-11,13H,3-8,15H2,1-2H3. The zero-order valence-corrected chi connectivity index (χ0v) is 11.5. The van der Waals surface area contributed by atoms with Crippen LogP contribution in [-0.2, 0) is 6.42 Å². The molecule has 0 saturated heterocycles. The maximum Gasteiger partial charge on any atom is 0.132 e. The van der Waals surface area contributed by atoms with E-state index in [2.05, 4.69) is 34.8 Å². The van der Waals surface area contributed by atoms with Crippen molar-refractivity contribution in [1.29, 1.82) is 0 Å². The summed E-state index contributed by atoms with van der Waals surface area (Å²) in [7, 11) is 0. The first-order valence-electron chi connectivity index (χ1n) is 7.07. The van der Waals surface area contributed by atoms with E-state index in [-0.39, 0.29) is 0 Å². The van der Waals surface area contributed by atoms with Gasteiger partial charge in [0, 0.05) is 30.4 Å². The summed E-state index contributed by atoms with van der Waals surface area (Å²) in [5, 5.41) is 0. The van der Waals surface area contributed by atoms with Gasteiger partial charge in [0.15, 0.2) is 0 Å². The molecule has 2 rings (SSSR count). The van der Waals surface area contributed by atoms with Crippen molar-refractivity contribution >= 4 is 5.82 Å². The first kappa shape index (κ1) is 13.3. The van der Waals surface area contributed by atoms with Gasteiger partial charge in [-0.1, -0.05) is 6.92 Å². The molecule has 1 aliphatic carbocycles. The van der Waals surface area contributed by atoms with Gasteiger partial charge in [-0.15, -0.1) is 0 Å². The normalized spacial score (nSPS) is 23.9. The highest BCUT2D eigenvalue weighted by Gasteiger charge is 2.24. The lowest BCUT2D eigenvalue weighted by Crippen LogP contribution is -2.41. The summed E-state index contributed by atoms with van der Waals surface area (Å²) in [6, 6.07) is 3.11. The summed E-state index contributed by atoms with van der Waals surface area (Å²) in [5.74, 6) is 1.07. The second kappa shape index (κ2) is 6.14. The van der Waals surface area contributed by atoms with Crippen molar-refractivity contribution in [1.82, 2.24) is 9.97 Å². The molecule has 1 fully saturated rings. The molecular weight excluding hydrogens is 224 g/mol. The van der Waals surface area contributed by atoms with Crippen molar-refractivity contribution in [2.75, 3.05) is 11.4 Å². The maximum absolute atomic E-state index is 5.98. The summed E-state index contributed by atoms with van der Waals surface area (Å²) in [5.41, 5.74) is 7.10. The molecule has 0 aromatic carbocycles. The second-order valence-electron chi connectivity index (χ2n) is 5.08. The van der Waals surface area contributed by atoms with Crippen molar-refractivity contribution < 1.29 is 0 Å². The summed E-state index contributed by atoms with van der Waals surface area (Å²) in [6.45, 7) is 5.32. The van der Waals surface area contributed by atoms with E-state index in [0.717, 1.165) is 37.3 Å². The Morgan fingerprint density at radius 1 is 1.22 bits per heavy atom. The lowest BCUT2D eigenvalue weighted by Gasteiger charge is -2.36. The average molecular weight is 248 g/mol. The Labute approximate surface area is 110 Å². The molecule has 0 amide bonds. The third-order valence-electron chi connectivity index (χ3n) is 3.89. The molecule has 1 aliphatic rings. The number of anilines is 1. The molecule has 100 valence electrons. The van der Waals surface area contributed by atoms with Crippen molar-refractivity contribution in [3.05, 3.63) is 18.1 Å². The Balaban J connectivity index is 2.11. The van der Waals surface area contributed by atoms with Crippen LogP contribution in [0.4, 0.5) is 5.82 Å². The van der Waals surface area contributed by atoms with E-state index in [1.165, 1.54) is 12.8 Å². The molecule has 0 unspecified atom stereocenters. The SMILES string of the molecule is CCc1cc(N(CC)C2CCC(N)CC2)ncn1. The van der Waals surface area contributed by atoms with E-state index < -0.39 is 0 Å². The van der Waals surface area contributed by atoms with Crippen LogP contribution in [-0.4, -0.2) is 28.6 Å². The first-order chi connectivity index (χ1) is 8.74. The van der Waals surface area contributed by atoms with Crippen LogP contribution in [0.2, 0.25) is 0 Å². The fourth-order valence-electron chi connectivity index (χ4n) is 2.76. The van der Waals surface area contributed by atoms with Gasteiger partial charge in [0.2, 0.25) is 0 Å². The van der Waals surface area contributed by atoms with Crippen molar-refractivity contribution in [3.8, 4) is 0 Å². The highest BCUT2D eigenvalue weighted by atomic mass is 15.2. The van der Waals surface area contributed by atoms with Gasteiger partial charge in [-0.05, 0) is 39.0 Å². The van der Waals surface area contributed by atoms with E-state index in [1.807, 2.05) is 0 Å². The first-order valence-corrected chi connectivity index (χ1v) is 7.07. The number of rotatable bonds is 4. The molecule has 1 aromatic heterocycles. The highest BCUT2D eigenvalue weighted by molar-refractivity contribution is 5.40. The van der Waals surface area contributed by atoms with Crippen molar-refractivity contribution in [2.45, 2.75) is 58.0 Å². The minimum atomic E-state index is 0.400. The molecule has 0 bridgehead atoms. The van der Waals surface area contributed by atoms with E-state index in [1.54, 1.807) is 6.33 Å². The molecule has 18 heavy (non-hydrogen) atoms. The Kier molecular flexibility index (Phi) is 4.53. The van der Waals surface area contributed by atoms with E-state index in [0.29, 0.717) is 12.1 Å². The fourth-order valence-corrected chi connectivity index (χ4v) is 2.76. The van der Waals surface area contributed by atoms with Crippen LogP contribution in [0.25, 0.3) is 0 Å². The zero-order chi connectivity index (χ0) is 13.0. The largest absolute Gasteiger partial charge is 0.354 e. The van der Waals surface area contributed by atoms with E-state index in [9.17, 15) is 0 Å². The molecule has 1 aromatic rings. The minimum absolute atomic E-state index is 0.400. The Morgan fingerprint density at radius 2 is 1.94 bits per heavy atom. The predicted octanol–water partition coefficient (Wildman–Crippen LogP) is 2.14. The Morgan fingerprint density at radius 3 is 2.56 bits per heavy atom. The Bertz CT molecular complexity index is 372. The molecular formula is C14H24N4. The molecule has 1 saturated carbocycles. The van der Waals surface area contributed by atoms with E-state index >= 15 is 0 Å². The van der Waals surface area contributed by atoms with Gasteiger partial charge in [0.25, 0.3) is 0 Å². The molecule has 0 radical (unpaired) electrons. The molecule has 0 aliphatic heterocycles. The van der Waals surface area contributed by atoms with Crippen LogP contribution in [0.3, 0.4) is 0 Å². The predicted molar refractivity (Wildman–Crippen MR) is 74.7 cm³/mol. The summed E-state index contributed by atoms with van der Waals surface area (Å²) in [6.07, 6.45) is 7.27. The van der Waals surface area contributed by atoms with Crippen LogP contribution in [0.5, 0.6) is 0 Å².